The quantitative estimate of drug-likeness (QED) is 0.763. The van der Waals surface area contributed by atoms with E-state index in [2.05, 4.69) is 10.3 Å². The molecule has 0 aliphatic rings. The van der Waals surface area contributed by atoms with Crippen molar-refractivity contribution >= 4 is 17.2 Å². The van der Waals surface area contributed by atoms with Crippen LogP contribution >= 0.6 is 0 Å². The minimum absolute atomic E-state index is 0.846. The topological polar surface area (TPSA) is 38.6 Å². The van der Waals surface area contributed by atoms with E-state index in [1.807, 2.05) is 59.3 Å². The Morgan fingerprint density at radius 3 is 2.72 bits per heavy atom. The van der Waals surface area contributed by atoms with Crippen LogP contribution in [0, 0.1) is 0 Å². The summed E-state index contributed by atoms with van der Waals surface area (Å²) >= 11 is 0. The lowest BCUT2D eigenvalue weighted by molar-refractivity contribution is 0.415. The normalized spacial score (nSPS) is 10.5. The average Bonchev–Trinajstić information content (AvgIpc) is 2.83. The summed E-state index contributed by atoms with van der Waals surface area (Å²) in [7, 11) is 1.66. The third-order valence-corrected chi connectivity index (χ3v) is 2.78. The number of rotatable bonds is 3. The molecule has 0 aliphatic carbocycles. The molecule has 3 rings (SSSR count). The first-order chi connectivity index (χ1) is 8.86. The van der Waals surface area contributed by atoms with E-state index in [1.165, 1.54) is 0 Å². The second kappa shape index (κ2) is 4.41. The summed E-state index contributed by atoms with van der Waals surface area (Å²) in [5, 5.41) is 3.32. The number of imidazole rings is 1. The summed E-state index contributed by atoms with van der Waals surface area (Å²) in [6, 6.07) is 13.7. The third-order valence-electron chi connectivity index (χ3n) is 2.78. The molecule has 0 spiro atoms. The number of pyridine rings is 1. The Hall–Kier alpha value is -2.49. The Morgan fingerprint density at radius 1 is 1.11 bits per heavy atom. The molecule has 1 aromatic carbocycles. The fourth-order valence-corrected chi connectivity index (χ4v) is 1.85. The fraction of sp³-hybridized carbons (Fsp3) is 0.0714. The number of fused-ring (bicyclic) bond motifs is 1. The first kappa shape index (κ1) is 10.7. The molecule has 0 saturated heterocycles. The molecule has 2 heterocycles. The molecule has 4 nitrogen and oxygen atoms in total. The molecule has 0 radical (unpaired) electrons. The maximum Gasteiger partial charge on any atom is 0.138 e. The van der Waals surface area contributed by atoms with Gasteiger partial charge in [-0.25, -0.2) is 4.98 Å². The maximum absolute atomic E-state index is 5.13. The lowest BCUT2D eigenvalue weighted by Gasteiger charge is -2.06. The molecule has 0 unspecified atom stereocenters. The molecule has 18 heavy (non-hydrogen) atoms. The maximum atomic E-state index is 5.13. The van der Waals surface area contributed by atoms with Crippen molar-refractivity contribution in [1.29, 1.82) is 0 Å². The van der Waals surface area contributed by atoms with Crippen molar-refractivity contribution in [1.82, 2.24) is 9.38 Å². The van der Waals surface area contributed by atoms with E-state index in [0.29, 0.717) is 0 Å². The molecule has 1 N–H and O–H groups in total. The smallest absolute Gasteiger partial charge is 0.138 e. The zero-order chi connectivity index (χ0) is 12.4. The highest BCUT2D eigenvalue weighted by Crippen LogP contribution is 2.20. The van der Waals surface area contributed by atoms with Crippen LogP contribution in [0.5, 0.6) is 5.75 Å². The molecule has 0 bridgehead atoms. The summed E-state index contributed by atoms with van der Waals surface area (Å²) in [4.78, 5) is 4.32. The Labute approximate surface area is 105 Å². The highest BCUT2D eigenvalue weighted by atomic mass is 16.5. The Bertz CT molecular complexity index is 658. The highest BCUT2D eigenvalue weighted by Gasteiger charge is 2.02. The zero-order valence-electron chi connectivity index (χ0n) is 10.00. The first-order valence-corrected chi connectivity index (χ1v) is 5.70. The van der Waals surface area contributed by atoms with Crippen molar-refractivity contribution in [2.45, 2.75) is 0 Å². The zero-order valence-corrected chi connectivity index (χ0v) is 10.00. The van der Waals surface area contributed by atoms with Gasteiger partial charge < -0.3 is 10.1 Å². The van der Waals surface area contributed by atoms with E-state index in [4.69, 9.17) is 4.74 Å². The van der Waals surface area contributed by atoms with Crippen LogP contribution in [0.2, 0.25) is 0 Å². The molecular formula is C14H13N3O. The number of anilines is 2. The fourth-order valence-electron chi connectivity index (χ4n) is 1.85. The van der Waals surface area contributed by atoms with Gasteiger partial charge in [0.25, 0.3) is 0 Å². The summed E-state index contributed by atoms with van der Waals surface area (Å²) in [5.41, 5.74) is 1.93. The van der Waals surface area contributed by atoms with Crippen LogP contribution in [-0.2, 0) is 0 Å². The van der Waals surface area contributed by atoms with Gasteiger partial charge in [-0.3, -0.25) is 4.40 Å². The van der Waals surface area contributed by atoms with Crippen molar-refractivity contribution in [2.75, 3.05) is 12.4 Å². The predicted molar refractivity (Wildman–Crippen MR) is 71.5 cm³/mol. The van der Waals surface area contributed by atoms with Gasteiger partial charge in [0.05, 0.1) is 13.3 Å². The summed E-state index contributed by atoms with van der Waals surface area (Å²) in [6.07, 6.45) is 3.80. The van der Waals surface area contributed by atoms with Crippen LogP contribution in [0.25, 0.3) is 5.65 Å². The molecule has 0 aliphatic heterocycles. The number of methoxy groups -OCH3 is 1. The van der Waals surface area contributed by atoms with Crippen molar-refractivity contribution in [2.24, 2.45) is 0 Å². The standard InChI is InChI=1S/C14H13N3O/c1-18-12-7-5-11(6-8-12)16-14-10-15-13-4-2-3-9-17(13)14/h2-10,16H,1H3. The van der Waals surface area contributed by atoms with Gasteiger partial charge in [0.15, 0.2) is 0 Å². The second-order valence-corrected chi connectivity index (χ2v) is 3.93. The molecule has 90 valence electrons. The van der Waals surface area contributed by atoms with E-state index >= 15 is 0 Å². The van der Waals surface area contributed by atoms with Gasteiger partial charge in [-0.15, -0.1) is 0 Å². The van der Waals surface area contributed by atoms with Crippen molar-refractivity contribution < 1.29 is 4.74 Å². The number of benzene rings is 1. The molecule has 0 saturated carbocycles. The van der Waals surface area contributed by atoms with Gasteiger partial charge in [-0.2, -0.15) is 0 Å². The molecule has 3 aromatic rings. The monoisotopic (exact) mass is 239 g/mol. The van der Waals surface area contributed by atoms with Crippen molar-refractivity contribution in [3.05, 3.63) is 54.9 Å². The number of nitrogens with one attached hydrogen (secondary N) is 1. The van der Waals surface area contributed by atoms with E-state index in [9.17, 15) is 0 Å². The minimum atomic E-state index is 0.846. The lowest BCUT2D eigenvalue weighted by Crippen LogP contribution is -1.94. The summed E-state index contributed by atoms with van der Waals surface area (Å²) in [5.74, 6) is 1.79. The number of hydrogen-bond donors (Lipinski definition) is 1. The number of nitrogens with zero attached hydrogens (tertiary/aromatic N) is 2. The summed E-state index contributed by atoms with van der Waals surface area (Å²) in [6.45, 7) is 0. The largest absolute Gasteiger partial charge is 0.497 e. The number of aromatic nitrogens is 2. The predicted octanol–water partition coefficient (Wildman–Crippen LogP) is 3.09. The Kier molecular flexibility index (Phi) is 2.61. The van der Waals surface area contributed by atoms with Crippen LogP contribution in [-0.4, -0.2) is 16.5 Å². The molecule has 2 aromatic heterocycles. The third kappa shape index (κ3) is 1.88. The molecule has 4 heteroatoms. The van der Waals surface area contributed by atoms with Crippen LogP contribution in [0.1, 0.15) is 0 Å². The number of hydrogen-bond acceptors (Lipinski definition) is 3. The number of ether oxygens (including phenoxy) is 1. The van der Waals surface area contributed by atoms with Gasteiger partial charge in [-0.05, 0) is 36.4 Å². The highest BCUT2D eigenvalue weighted by molar-refractivity contribution is 5.60. The van der Waals surface area contributed by atoms with Crippen LogP contribution in [0.3, 0.4) is 0 Å². The van der Waals surface area contributed by atoms with Gasteiger partial charge in [0, 0.05) is 11.9 Å². The van der Waals surface area contributed by atoms with Crippen LogP contribution in [0.4, 0.5) is 11.5 Å². The van der Waals surface area contributed by atoms with Gasteiger partial charge in [-0.1, -0.05) is 6.07 Å². The van der Waals surface area contributed by atoms with E-state index in [1.54, 1.807) is 7.11 Å². The Morgan fingerprint density at radius 2 is 1.94 bits per heavy atom. The SMILES string of the molecule is COc1ccc(Nc2cnc3ccccn23)cc1. The van der Waals surface area contributed by atoms with Crippen molar-refractivity contribution in [3.8, 4) is 5.75 Å². The molecule has 0 atom stereocenters. The van der Waals surface area contributed by atoms with E-state index < -0.39 is 0 Å². The first-order valence-electron chi connectivity index (χ1n) is 5.70. The Balaban J connectivity index is 1.91. The molecule has 0 amide bonds. The second-order valence-electron chi connectivity index (χ2n) is 3.93. The molecule has 0 fully saturated rings. The van der Waals surface area contributed by atoms with E-state index in [-0.39, 0.29) is 0 Å². The van der Waals surface area contributed by atoms with E-state index in [0.717, 1.165) is 22.9 Å². The average molecular weight is 239 g/mol. The van der Waals surface area contributed by atoms with Gasteiger partial charge in [0.1, 0.15) is 17.2 Å². The molecular weight excluding hydrogens is 226 g/mol. The minimum Gasteiger partial charge on any atom is -0.497 e. The van der Waals surface area contributed by atoms with Crippen LogP contribution < -0.4 is 10.1 Å². The lowest BCUT2D eigenvalue weighted by atomic mass is 10.3. The van der Waals surface area contributed by atoms with Crippen molar-refractivity contribution in [3.63, 3.8) is 0 Å². The van der Waals surface area contributed by atoms with Crippen LogP contribution in [0.15, 0.2) is 54.9 Å². The van der Waals surface area contributed by atoms with Gasteiger partial charge >= 0.3 is 0 Å². The summed E-state index contributed by atoms with van der Waals surface area (Å²) < 4.78 is 7.13. The van der Waals surface area contributed by atoms with Gasteiger partial charge in [0.2, 0.25) is 0 Å².